The van der Waals surface area contributed by atoms with Crippen LogP contribution < -0.4 is 5.32 Å². The van der Waals surface area contributed by atoms with Crippen LogP contribution in [0.25, 0.3) is 11.4 Å². The number of carbonyl (C=O) groups excluding carboxylic acids is 1. The highest BCUT2D eigenvalue weighted by Crippen LogP contribution is 2.23. The van der Waals surface area contributed by atoms with Crippen LogP contribution in [0.5, 0.6) is 0 Å². The third-order valence-electron chi connectivity index (χ3n) is 3.08. The van der Waals surface area contributed by atoms with Gasteiger partial charge in [0.05, 0.1) is 12.3 Å². The Hall–Kier alpha value is -1.87. The summed E-state index contributed by atoms with van der Waals surface area (Å²) in [5, 5.41) is 12.2. The number of carbonyl (C=O) groups is 1. The minimum absolute atomic E-state index is 0.126. The summed E-state index contributed by atoms with van der Waals surface area (Å²) in [7, 11) is 1.79. The molecule has 1 aromatic heterocycles. The average molecular weight is 351 g/mol. The summed E-state index contributed by atoms with van der Waals surface area (Å²) >= 11 is 2.82. The van der Waals surface area contributed by atoms with Gasteiger partial charge in [-0.1, -0.05) is 35.7 Å². The van der Waals surface area contributed by atoms with E-state index in [1.807, 2.05) is 0 Å². The first-order valence-corrected chi connectivity index (χ1v) is 8.86. The molecule has 1 amide bonds. The van der Waals surface area contributed by atoms with Crippen LogP contribution in [0.3, 0.4) is 0 Å². The van der Waals surface area contributed by atoms with Crippen molar-refractivity contribution in [3.05, 3.63) is 30.1 Å². The van der Waals surface area contributed by atoms with E-state index in [-0.39, 0.29) is 17.5 Å². The Labute approximate surface area is 141 Å². The first-order valence-electron chi connectivity index (χ1n) is 6.89. The zero-order valence-corrected chi connectivity index (χ0v) is 14.0. The Bertz CT molecular complexity index is 761. The molecule has 3 rings (SSSR count). The molecule has 0 aliphatic carbocycles. The lowest BCUT2D eigenvalue weighted by Gasteiger charge is -2.05. The second kappa shape index (κ2) is 7.14. The highest BCUT2D eigenvalue weighted by atomic mass is 32.2. The molecular formula is C14H14FN5OS2. The number of aromatic nitrogens is 3. The Morgan fingerprint density at radius 2 is 2.35 bits per heavy atom. The van der Waals surface area contributed by atoms with Crippen LogP contribution in [0.15, 0.2) is 34.4 Å². The largest absolute Gasteiger partial charge is 0.305 e. The summed E-state index contributed by atoms with van der Waals surface area (Å²) in [6, 6.07) is 6.17. The van der Waals surface area contributed by atoms with E-state index in [1.54, 1.807) is 23.7 Å². The predicted molar refractivity (Wildman–Crippen MR) is 90.0 cm³/mol. The topological polar surface area (TPSA) is 72.2 Å². The Balaban J connectivity index is 1.64. The summed E-state index contributed by atoms with van der Waals surface area (Å²) < 4.78 is 15.1. The lowest BCUT2D eigenvalue weighted by molar-refractivity contribution is -0.117. The molecule has 0 bridgehead atoms. The van der Waals surface area contributed by atoms with E-state index >= 15 is 0 Å². The molecule has 1 aromatic carbocycles. The summed E-state index contributed by atoms with van der Waals surface area (Å²) in [6.45, 7) is 0.744. The fourth-order valence-electron chi connectivity index (χ4n) is 2.02. The molecule has 0 saturated carbocycles. The smallest absolute Gasteiger partial charge is 0.236 e. The lowest BCUT2D eigenvalue weighted by Crippen LogP contribution is -2.29. The summed E-state index contributed by atoms with van der Waals surface area (Å²) in [5.74, 6) is 1.23. The number of rotatable bonds is 4. The normalized spacial score (nSPS) is 13.9. The molecule has 2 heterocycles. The Kier molecular flexibility index (Phi) is 4.97. The number of hydrogen-bond donors (Lipinski definition) is 1. The van der Waals surface area contributed by atoms with E-state index in [0.717, 1.165) is 12.3 Å². The van der Waals surface area contributed by atoms with Gasteiger partial charge < -0.3 is 9.88 Å². The van der Waals surface area contributed by atoms with Crippen molar-refractivity contribution in [2.45, 2.75) is 5.16 Å². The van der Waals surface area contributed by atoms with E-state index in [2.05, 4.69) is 20.5 Å². The maximum atomic E-state index is 13.3. The van der Waals surface area contributed by atoms with Crippen molar-refractivity contribution in [3.63, 3.8) is 0 Å². The lowest BCUT2D eigenvalue weighted by atomic mass is 10.2. The molecule has 0 unspecified atom stereocenters. The number of hydrogen-bond acceptors (Lipinski definition) is 6. The zero-order chi connectivity index (χ0) is 16.2. The number of halogens is 1. The van der Waals surface area contributed by atoms with Crippen molar-refractivity contribution in [1.29, 1.82) is 0 Å². The van der Waals surface area contributed by atoms with Crippen LogP contribution in [0, 0.1) is 5.82 Å². The molecule has 1 N–H and O–H groups in total. The van der Waals surface area contributed by atoms with Crippen molar-refractivity contribution in [2.75, 3.05) is 18.1 Å². The number of amidine groups is 1. The predicted octanol–water partition coefficient (Wildman–Crippen LogP) is 1.93. The molecule has 0 spiro atoms. The minimum Gasteiger partial charge on any atom is -0.305 e. The summed E-state index contributed by atoms with van der Waals surface area (Å²) in [4.78, 5) is 16.0. The molecular weight excluding hydrogens is 337 g/mol. The average Bonchev–Trinajstić information content (AvgIpc) is 3.15. The van der Waals surface area contributed by atoms with Crippen LogP contribution in [0.1, 0.15) is 0 Å². The van der Waals surface area contributed by atoms with Gasteiger partial charge in [-0.15, -0.1) is 10.2 Å². The van der Waals surface area contributed by atoms with E-state index in [0.29, 0.717) is 21.7 Å². The number of benzene rings is 1. The standard InChI is InChI=1S/C14H14FN5OS2/c1-20-12(9-3-2-4-10(15)7-9)18-19-14(20)23-8-11(21)17-13-16-5-6-22-13/h2-4,7H,5-6,8H2,1H3,(H,16,17,21). The second-order valence-electron chi connectivity index (χ2n) is 4.75. The molecule has 1 aliphatic heterocycles. The first kappa shape index (κ1) is 16.0. The van der Waals surface area contributed by atoms with Gasteiger partial charge in [0.25, 0.3) is 0 Å². The van der Waals surface area contributed by atoms with E-state index < -0.39 is 0 Å². The molecule has 6 nitrogen and oxygen atoms in total. The van der Waals surface area contributed by atoms with E-state index in [9.17, 15) is 9.18 Å². The molecule has 9 heteroatoms. The fourth-order valence-corrected chi connectivity index (χ4v) is 3.47. The fraction of sp³-hybridized carbons (Fsp3) is 0.286. The third kappa shape index (κ3) is 3.91. The molecule has 23 heavy (non-hydrogen) atoms. The number of nitrogens with one attached hydrogen (secondary N) is 1. The van der Waals surface area contributed by atoms with Gasteiger partial charge in [0.2, 0.25) is 5.91 Å². The van der Waals surface area contributed by atoms with Crippen LogP contribution in [0.2, 0.25) is 0 Å². The first-order chi connectivity index (χ1) is 11.1. The van der Waals surface area contributed by atoms with Gasteiger partial charge in [-0.2, -0.15) is 0 Å². The molecule has 0 radical (unpaired) electrons. The second-order valence-corrected chi connectivity index (χ2v) is 6.77. The van der Waals surface area contributed by atoms with Gasteiger partial charge in [0.15, 0.2) is 16.1 Å². The molecule has 0 atom stereocenters. The molecule has 1 aliphatic rings. The quantitative estimate of drug-likeness (QED) is 0.852. The van der Waals surface area contributed by atoms with Gasteiger partial charge >= 0.3 is 0 Å². The maximum Gasteiger partial charge on any atom is 0.236 e. The highest BCUT2D eigenvalue weighted by molar-refractivity contribution is 8.14. The van der Waals surface area contributed by atoms with Gasteiger partial charge in [-0.25, -0.2) is 4.39 Å². The van der Waals surface area contributed by atoms with Crippen LogP contribution in [0.4, 0.5) is 4.39 Å². The van der Waals surface area contributed by atoms with E-state index in [4.69, 9.17) is 0 Å². The number of aliphatic imine (C=N–C) groups is 1. The van der Waals surface area contributed by atoms with Crippen molar-refractivity contribution in [2.24, 2.45) is 12.0 Å². The Morgan fingerprint density at radius 3 is 3.09 bits per heavy atom. The Morgan fingerprint density at radius 1 is 1.48 bits per heavy atom. The maximum absolute atomic E-state index is 13.3. The minimum atomic E-state index is -0.325. The van der Waals surface area contributed by atoms with Crippen molar-refractivity contribution < 1.29 is 9.18 Å². The molecule has 2 aromatic rings. The van der Waals surface area contributed by atoms with Crippen molar-refractivity contribution in [3.8, 4) is 11.4 Å². The van der Waals surface area contributed by atoms with Gasteiger partial charge in [-0.3, -0.25) is 9.79 Å². The highest BCUT2D eigenvalue weighted by Gasteiger charge is 2.15. The number of amides is 1. The monoisotopic (exact) mass is 351 g/mol. The van der Waals surface area contributed by atoms with Gasteiger partial charge in [0, 0.05) is 18.4 Å². The third-order valence-corrected chi connectivity index (χ3v) is 4.99. The SMILES string of the molecule is Cn1c(SCC(=O)NC2=NCCS2)nnc1-c1cccc(F)c1. The zero-order valence-electron chi connectivity index (χ0n) is 12.3. The van der Waals surface area contributed by atoms with E-state index in [1.165, 1.54) is 35.7 Å². The van der Waals surface area contributed by atoms with Crippen molar-refractivity contribution in [1.82, 2.24) is 20.1 Å². The summed E-state index contributed by atoms with van der Waals surface area (Å²) in [6.07, 6.45) is 0. The molecule has 120 valence electrons. The van der Waals surface area contributed by atoms with Crippen LogP contribution in [-0.4, -0.2) is 43.9 Å². The number of nitrogens with zero attached hydrogens (tertiary/aromatic N) is 4. The molecule has 0 saturated heterocycles. The van der Waals surface area contributed by atoms with Crippen molar-refractivity contribution >= 4 is 34.6 Å². The van der Waals surface area contributed by atoms with Crippen LogP contribution >= 0.6 is 23.5 Å². The summed E-state index contributed by atoms with van der Waals surface area (Å²) in [5.41, 5.74) is 0.646. The van der Waals surface area contributed by atoms with Gasteiger partial charge in [0.1, 0.15) is 5.82 Å². The number of thioether (sulfide) groups is 2. The van der Waals surface area contributed by atoms with Crippen LogP contribution in [-0.2, 0) is 11.8 Å². The van der Waals surface area contributed by atoms with Gasteiger partial charge in [-0.05, 0) is 12.1 Å². The molecule has 0 fully saturated rings.